The molecule has 0 radical (unpaired) electrons. The lowest BCUT2D eigenvalue weighted by molar-refractivity contribution is 0.240. The van der Waals surface area contributed by atoms with Crippen LogP contribution in [-0.2, 0) is 0 Å². The predicted molar refractivity (Wildman–Crippen MR) is 74.0 cm³/mol. The molecule has 0 saturated carbocycles. The maximum absolute atomic E-state index is 5.85. The number of nitrogens with two attached hydrogens (primary N) is 1. The van der Waals surface area contributed by atoms with E-state index in [4.69, 9.17) is 10.2 Å². The Morgan fingerprint density at radius 1 is 1.41 bits per heavy atom. The molecule has 0 saturated heterocycles. The van der Waals surface area contributed by atoms with Crippen molar-refractivity contribution in [3.8, 4) is 0 Å². The van der Waals surface area contributed by atoms with Crippen LogP contribution in [0.25, 0.3) is 11.0 Å². The van der Waals surface area contributed by atoms with Crippen molar-refractivity contribution in [3.63, 3.8) is 0 Å². The fourth-order valence-electron chi connectivity index (χ4n) is 1.86. The highest BCUT2D eigenvalue weighted by Gasteiger charge is 2.15. The molecule has 1 heterocycles. The van der Waals surface area contributed by atoms with Crippen molar-refractivity contribution in [2.75, 3.05) is 20.1 Å². The lowest BCUT2D eigenvalue weighted by Crippen LogP contribution is -2.27. The summed E-state index contributed by atoms with van der Waals surface area (Å²) >= 11 is 3.46. The zero-order chi connectivity index (χ0) is 12.4. The molecule has 4 heteroatoms. The zero-order valence-corrected chi connectivity index (χ0v) is 11.7. The van der Waals surface area contributed by atoms with Crippen molar-refractivity contribution in [3.05, 3.63) is 34.5 Å². The Kier molecular flexibility index (Phi) is 3.86. The van der Waals surface area contributed by atoms with Gasteiger partial charge in [0.25, 0.3) is 0 Å². The van der Waals surface area contributed by atoms with Crippen molar-refractivity contribution < 1.29 is 4.42 Å². The van der Waals surface area contributed by atoms with E-state index >= 15 is 0 Å². The SMILES string of the molecule is CC(c1cc2cc(Br)ccc2o1)N(C)CCN. The third kappa shape index (κ3) is 2.70. The number of fused-ring (bicyclic) bond motifs is 1. The second kappa shape index (κ2) is 5.21. The smallest absolute Gasteiger partial charge is 0.134 e. The van der Waals surface area contributed by atoms with Crippen LogP contribution in [0.4, 0.5) is 0 Å². The number of furan rings is 1. The third-order valence-corrected chi connectivity index (χ3v) is 3.55. The fraction of sp³-hybridized carbons (Fsp3) is 0.385. The van der Waals surface area contributed by atoms with Gasteiger partial charge in [-0.2, -0.15) is 0 Å². The molecular weight excluding hydrogens is 280 g/mol. The maximum atomic E-state index is 5.85. The van der Waals surface area contributed by atoms with Gasteiger partial charge in [0.05, 0.1) is 6.04 Å². The first-order valence-electron chi connectivity index (χ1n) is 5.71. The van der Waals surface area contributed by atoms with Crippen LogP contribution in [0, 0.1) is 0 Å². The van der Waals surface area contributed by atoms with Crippen molar-refractivity contribution in [1.82, 2.24) is 4.90 Å². The molecule has 1 unspecified atom stereocenters. The van der Waals surface area contributed by atoms with Crippen LogP contribution in [0.2, 0.25) is 0 Å². The number of nitrogens with zero attached hydrogens (tertiary/aromatic N) is 1. The van der Waals surface area contributed by atoms with E-state index in [2.05, 4.69) is 46.9 Å². The molecule has 0 fully saturated rings. The zero-order valence-electron chi connectivity index (χ0n) is 10.1. The maximum Gasteiger partial charge on any atom is 0.134 e. The summed E-state index contributed by atoms with van der Waals surface area (Å²) in [6, 6.07) is 8.38. The van der Waals surface area contributed by atoms with Gasteiger partial charge in [-0.15, -0.1) is 0 Å². The van der Waals surface area contributed by atoms with E-state index in [0.717, 1.165) is 27.7 Å². The van der Waals surface area contributed by atoms with Crippen molar-refractivity contribution in [2.45, 2.75) is 13.0 Å². The number of benzene rings is 1. The first kappa shape index (κ1) is 12.6. The average Bonchev–Trinajstić information content (AvgIpc) is 2.71. The van der Waals surface area contributed by atoms with Gasteiger partial charge >= 0.3 is 0 Å². The first-order valence-corrected chi connectivity index (χ1v) is 6.50. The highest BCUT2D eigenvalue weighted by Crippen LogP contribution is 2.28. The highest BCUT2D eigenvalue weighted by molar-refractivity contribution is 9.10. The minimum Gasteiger partial charge on any atom is -0.459 e. The Bertz CT molecular complexity index is 509. The van der Waals surface area contributed by atoms with Crippen LogP contribution >= 0.6 is 15.9 Å². The summed E-state index contributed by atoms with van der Waals surface area (Å²) in [6.45, 7) is 3.65. The van der Waals surface area contributed by atoms with Gasteiger partial charge < -0.3 is 10.2 Å². The molecule has 0 aliphatic rings. The van der Waals surface area contributed by atoms with E-state index in [1.165, 1.54) is 0 Å². The summed E-state index contributed by atoms with van der Waals surface area (Å²) in [5, 5.41) is 1.13. The largest absolute Gasteiger partial charge is 0.459 e. The second-order valence-electron chi connectivity index (χ2n) is 4.28. The predicted octanol–water partition coefficient (Wildman–Crippen LogP) is 3.15. The molecule has 0 spiro atoms. The Labute approximate surface area is 110 Å². The Morgan fingerprint density at radius 3 is 2.88 bits per heavy atom. The number of hydrogen-bond donors (Lipinski definition) is 1. The monoisotopic (exact) mass is 296 g/mol. The summed E-state index contributed by atoms with van der Waals surface area (Å²) in [5.41, 5.74) is 6.49. The number of likely N-dealkylation sites (N-methyl/N-ethyl adjacent to an activating group) is 1. The lowest BCUT2D eigenvalue weighted by atomic mass is 10.2. The Morgan fingerprint density at radius 2 is 2.18 bits per heavy atom. The summed E-state index contributed by atoms with van der Waals surface area (Å²) in [4.78, 5) is 2.19. The van der Waals surface area contributed by atoms with Crippen LogP contribution in [-0.4, -0.2) is 25.0 Å². The Hall–Kier alpha value is -0.840. The van der Waals surface area contributed by atoms with Crippen LogP contribution in [0.15, 0.2) is 33.2 Å². The molecular formula is C13H17BrN2O. The summed E-state index contributed by atoms with van der Waals surface area (Å²) in [5.74, 6) is 0.981. The van der Waals surface area contributed by atoms with Crippen molar-refractivity contribution >= 4 is 26.9 Å². The molecule has 1 atom stereocenters. The molecule has 0 amide bonds. The normalized spacial score (nSPS) is 13.5. The first-order chi connectivity index (χ1) is 8.11. The number of halogens is 1. The van der Waals surface area contributed by atoms with Crippen LogP contribution in [0.5, 0.6) is 0 Å². The van der Waals surface area contributed by atoms with Gasteiger partial charge in [0.2, 0.25) is 0 Å². The van der Waals surface area contributed by atoms with Gasteiger partial charge in [-0.25, -0.2) is 0 Å². The topological polar surface area (TPSA) is 42.4 Å². The molecule has 17 heavy (non-hydrogen) atoms. The van der Waals surface area contributed by atoms with Crippen LogP contribution < -0.4 is 5.73 Å². The quantitative estimate of drug-likeness (QED) is 0.942. The molecule has 92 valence electrons. The Balaban J connectivity index is 2.29. The standard InChI is InChI=1S/C13H17BrN2O/c1-9(16(2)6-5-15)13-8-10-7-11(14)3-4-12(10)17-13/h3-4,7-9H,5-6,15H2,1-2H3. The van der Waals surface area contributed by atoms with Gasteiger partial charge in [-0.05, 0) is 38.2 Å². The fourth-order valence-corrected chi connectivity index (χ4v) is 2.23. The molecule has 2 aromatic rings. The molecule has 1 aromatic carbocycles. The van der Waals surface area contributed by atoms with Gasteiger partial charge in [0, 0.05) is 22.9 Å². The van der Waals surface area contributed by atoms with Crippen molar-refractivity contribution in [1.29, 1.82) is 0 Å². The van der Waals surface area contributed by atoms with Gasteiger partial charge in [0.15, 0.2) is 0 Å². The molecule has 2 rings (SSSR count). The second-order valence-corrected chi connectivity index (χ2v) is 5.19. The molecule has 0 aliphatic heterocycles. The number of hydrogen-bond acceptors (Lipinski definition) is 3. The van der Waals surface area contributed by atoms with Gasteiger partial charge in [0.1, 0.15) is 11.3 Å². The minimum atomic E-state index is 0.240. The van der Waals surface area contributed by atoms with E-state index in [9.17, 15) is 0 Å². The molecule has 0 bridgehead atoms. The molecule has 0 aliphatic carbocycles. The van der Waals surface area contributed by atoms with E-state index in [1.807, 2.05) is 12.1 Å². The van der Waals surface area contributed by atoms with Crippen molar-refractivity contribution in [2.24, 2.45) is 5.73 Å². The summed E-state index contributed by atoms with van der Waals surface area (Å²) < 4.78 is 6.92. The molecule has 3 nitrogen and oxygen atoms in total. The van der Waals surface area contributed by atoms with Crippen LogP contribution in [0.3, 0.4) is 0 Å². The van der Waals surface area contributed by atoms with Gasteiger partial charge in [-0.3, -0.25) is 4.90 Å². The lowest BCUT2D eigenvalue weighted by Gasteiger charge is -2.21. The average molecular weight is 297 g/mol. The van der Waals surface area contributed by atoms with E-state index < -0.39 is 0 Å². The molecule has 2 N–H and O–H groups in total. The third-order valence-electron chi connectivity index (χ3n) is 3.05. The van der Waals surface area contributed by atoms with Gasteiger partial charge in [-0.1, -0.05) is 15.9 Å². The van der Waals surface area contributed by atoms with E-state index in [-0.39, 0.29) is 6.04 Å². The van der Waals surface area contributed by atoms with E-state index in [0.29, 0.717) is 6.54 Å². The minimum absolute atomic E-state index is 0.240. The van der Waals surface area contributed by atoms with Crippen LogP contribution in [0.1, 0.15) is 18.7 Å². The highest BCUT2D eigenvalue weighted by atomic mass is 79.9. The molecule has 1 aromatic heterocycles. The van der Waals surface area contributed by atoms with E-state index in [1.54, 1.807) is 0 Å². The summed E-state index contributed by atoms with van der Waals surface area (Å²) in [6.07, 6.45) is 0. The number of rotatable bonds is 4. The summed E-state index contributed by atoms with van der Waals surface area (Å²) in [7, 11) is 2.06.